The fourth-order valence-electron chi connectivity index (χ4n) is 6.89. The van der Waals surface area contributed by atoms with Crippen molar-refractivity contribution in [1.29, 1.82) is 0 Å². The van der Waals surface area contributed by atoms with Crippen molar-refractivity contribution in [2.24, 2.45) is 5.92 Å². The summed E-state index contributed by atoms with van der Waals surface area (Å²) in [6.07, 6.45) is 0. The number of fused-ring (bicyclic) bond motifs is 2. The van der Waals surface area contributed by atoms with E-state index >= 15 is 4.79 Å². The Hall–Kier alpha value is -4.32. The van der Waals surface area contributed by atoms with E-state index in [9.17, 15) is 4.79 Å². The monoisotopic (exact) mass is 612 g/mol. The Morgan fingerprint density at radius 1 is 0.714 bits per heavy atom. The van der Waals surface area contributed by atoms with E-state index in [0.29, 0.717) is 12.1 Å². The molecular weight excluding hydrogens is 584 g/mol. The molecule has 1 saturated heterocycles. The first-order valence-corrected chi connectivity index (χ1v) is 15.0. The summed E-state index contributed by atoms with van der Waals surface area (Å²) in [6, 6.07) is 45.5. The maximum absolute atomic E-state index is 15.0. The maximum atomic E-state index is 15.0. The first kappa shape index (κ1) is 26.6. The van der Waals surface area contributed by atoms with Crippen molar-refractivity contribution in [1.82, 2.24) is 5.32 Å². The highest BCUT2D eigenvalue weighted by atomic mass is 79.9. The quantitative estimate of drug-likeness (QED) is 0.199. The molecule has 5 aromatic rings. The van der Waals surface area contributed by atoms with Gasteiger partial charge in [-0.1, -0.05) is 137 Å². The number of nitrogens with one attached hydrogen (secondary N) is 1. The lowest BCUT2D eigenvalue weighted by atomic mass is 9.69. The van der Waals surface area contributed by atoms with E-state index < -0.39 is 11.5 Å². The van der Waals surface area contributed by atoms with E-state index in [1.165, 1.54) is 0 Å². The molecule has 0 radical (unpaired) electrons. The highest BCUT2D eigenvalue weighted by Crippen LogP contribution is 2.59. The molecule has 1 amide bonds. The fraction of sp³-hybridized carbons (Fsp3) is 0.135. The Balaban J connectivity index is 1.47. The summed E-state index contributed by atoms with van der Waals surface area (Å²) in [5.41, 5.74) is 4.13. The molecule has 0 saturated carbocycles. The molecule has 1 fully saturated rings. The third kappa shape index (κ3) is 4.32. The van der Waals surface area contributed by atoms with Gasteiger partial charge in [-0.2, -0.15) is 0 Å². The summed E-state index contributed by atoms with van der Waals surface area (Å²) in [4.78, 5) is 31.8. The van der Waals surface area contributed by atoms with E-state index in [1.807, 2.05) is 120 Å². The second kappa shape index (κ2) is 10.8. The summed E-state index contributed by atoms with van der Waals surface area (Å²) in [7, 11) is 0. The van der Waals surface area contributed by atoms with Crippen LogP contribution in [0.25, 0.3) is 0 Å². The highest BCUT2D eigenvalue weighted by Gasteiger charge is 2.66. The molecule has 0 unspecified atom stereocenters. The molecule has 0 aliphatic carbocycles. The lowest BCUT2D eigenvalue weighted by Gasteiger charge is -2.32. The molecule has 42 heavy (non-hydrogen) atoms. The van der Waals surface area contributed by atoms with Crippen LogP contribution in [0.3, 0.4) is 0 Å². The van der Waals surface area contributed by atoms with Crippen LogP contribution < -0.4 is 10.2 Å². The van der Waals surface area contributed by atoms with Crippen molar-refractivity contribution in [3.63, 3.8) is 0 Å². The minimum absolute atomic E-state index is 0.0491. The van der Waals surface area contributed by atoms with Gasteiger partial charge < -0.3 is 4.90 Å². The lowest BCUT2D eigenvalue weighted by Crippen LogP contribution is -2.53. The molecule has 2 aliphatic heterocycles. The first-order valence-electron chi connectivity index (χ1n) is 14.2. The Morgan fingerprint density at radius 3 is 1.95 bits per heavy atom. The first-order chi connectivity index (χ1) is 20.6. The number of carbonyl (C=O) groups is 2. The van der Waals surface area contributed by atoms with E-state index in [1.54, 1.807) is 0 Å². The molecular formula is C37H29BrN2O2. The van der Waals surface area contributed by atoms with Crippen LogP contribution in [0.1, 0.15) is 44.6 Å². The molecule has 5 heteroatoms. The number of nitrogens with zero attached hydrogens (tertiary/aromatic N) is 1. The van der Waals surface area contributed by atoms with Crippen LogP contribution in [-0.2, 0) is 16.9 Å². The van der Waals surface area contributed by atoms with Gasteiger partial charge in [0.2, 0.25) is 0 Å². The third-order valence-corrected chi connectivity index (χ3v) is 9.24. The van der Waals surface area contributed by atoms with Crippen molar-refractivity contribution >= 4 is 33.3 Å². The molecule has 1 spiro atoms. The molecule has 206 valence electrons. The number of carbonyl (C=O) groups excluding carboxylic acids is 2. The van der Waals surface area contributed by atoms with E-state index in [0.717, 1.165) is 32.4 Å². The van der Waals surface area contributed by atoms with Gasteiger partial charge in [-0.05, 0) is 34.9 Å². The van der Waals surface area contributed by atoms with Crippen molar-refractivity contribution in [3.8, 4) is 0 Å². The Bertz CT molecular complexity index is 1740. The van der Waals surface area contributed by atoms with Crippen LogP contribution in [-0.4, -0.2) is 11.7 Å². The van der Waals surface area contributed by atoms with Crippen molar-refractivity contribution in [2.45, 2.75) is 24.0 Å². The van der Waals surface area contributed by atoms with Crippen LogP contribution in [0.2, 0.25) is 0 Å². The lowest BCUT2D eigenvalue weighted by molar-refractivity contribution is -0.125. The molecule has 7 rings (SSSR count). The second-order valence-corrected chi connectivity index (χ2v) is 11.9. The average molecular weight is 614 g/mol. The predicted molar refractivity (Wildman–Crippen MR) is 169 cm³/mol. The molecule has 4 atom stereocenters. The number of amides is 1. The smallest absolute Gasteiger partial charge is 0.253 e. The van der Waals surface area contributed by atoms with Gasteiger partial charge in [0.05, 0.1) is 12.5 Å². The van der Waals surface area contributed by atoms with Crippen LogP contribution >= 0.6 is 15.9 Å². The Kier molecular flexibility index (Phi) is 6.85. The minimum atomic E-state index is -1.25. The number of benzene rings is 5. The van der Waals surface area contributed by atoms with Gasteiger partial charge in [0, 0.05) is 33.2 Å². The SMILES string of the molecule is O=C(c1ccc(Br)cc1)[C@H]1[C@H](c2ccccc2)[C@@H](c2ccccc2)N[C@]12C(=O)N(Cc1ccccc1)c1ccccc12. The summed E-state index contributed by atoms with van der Waals surface area (Å²) < 4.78 is 0.899. The maximum Gasteiger partial charge on any atom is 0.253 e. The van der Waals surface area contributed by atoms with Crippen molar-refractivity contribution < 1.29 is 9.59 Å². The number of anilines is 1. The van der Waals surface area contributed by atoms with Crippen molar-refractivity contribution in [3.05, 3.63) is 172 Å². The molecule has 2 heterocycles. The van der Waals surface area contributed by atoms with Gasteiger partial charge >= 0.3 is 0 Å². The minimum Gasteiger partial charge on any atom is -0.306 e. The molecule has 4 nitrogen and oxygen atoms in total. The fourth-order valence-corrected chi connectivity index (χ4v) is 7.16. The zero-order chi connectivity index (χ0) is 28.7. The number of rotatable bonds is 6. The van der Waals surface area contributed by atoms with Crippen molar-refractivity contribution in [2.75, 3.05) is 4.90 Å². The highest BCUT2D eigenvalue weighted by molar-refractivity contribution is 9.10. The van der Waals surface area contributed by atoms with Gasteiger partial charge in [0.1, 0.15) is 5.54 Å². The Labute approximate surface area is 254 Å². The Morgan fingerprint density at radius 2 is 1.29 bits per heavy atom. The van der Waals surface area contributed by atoms with Gasteiger partial charge in [-0.25, -0.2) is 0 Å². The van der Waals surface area contributed by atoms with E-state index in [2.05, 4.69) is 45.5 Å². The largest absolute Gasteiger partial charge is 0.306 e. The zero-order valence-electron chi connectivity index (χ0n) is 22.9. The van der Waals surface area contributed by atoms with Gasteiger partial charge in [-0.15, -0.1) is 0 Å². The van der Waals surface area contributed by atoms with Gasteiger partial charge in [-0.3, -0.25) is 14.9 Å². The van der Waals surface area contributed by atoms with Gasteiger partial charge in [0.25, 0.3) is 5.91 Å². The summed E-state index contributed by atoms with van der Waals surface area (Å²) >= 11 is 3.51. The number of ketones is 1. The molecule has 5 aromatic carbocycles. The van der Waals surface area contributed by atoms with Crippen LogP contribution in [0.4, 0.5) is 5.69 Å². The summed E-state index contributed by atoms with van der Waals surface area (Å²) in [6.45, 7) is 0.422. The third-order valence-electron chi connectivity index (χ3n) is 8.71. The number of Topliss-reactive ketones (excluding diaryl/α,β-unsaturated/α-hetero) is 1. The van der Waals surface area contributed by atoms with E-state index in [-0.39, 0.29) is 23.7 Å². The van der Waals surface area contributed by atoms with Crippen LogP contribution in [0.15, 0.2) is 144 Å². The topological polar surface area (TPSA) is 49.4 Å². The molecule has 0 bridgehead atoms. The number of para-hydroxylation sites is 1. The molecule has 1 N–H and O–H groups in total. The van der Waals surface area contributed by atoms with Crippen LogP contribution in [0.5, 0.6) is 0 Å². The normalized spacial score (nSPS) is 22.8. The predicted octanol–water partition coefficient (Wildman–Crippen LogP) is 7.82. The molecule has 0 aromatic heterocycles. The van der Waals surface area contributed by atoms with Gasteiger partial charge in [0.15, 0.2) is 5.78 Å². The van der Waals surface area contributed by atoms with E-state index in [4.69, 9.17) is 0 Å². The average Bonchev–Trinajstić information content (AvgIpc) is 3.52. The van der Waals surface area contributed by atoms with Crippen LogP contribution in [0, 0.1) is 5.92 Å². The summed E-state index contributed by atoms with van der Waals surface area (Å²) in [5.74, 6) is -1.13. The second-order valence-electron chi connectivity index (χ2n) is 11.0. The standard InChI is InChI=1S/C37H29BrN2O2/c38-29-22-20-28(21-23-29)35(41)33-32(26-14-6-2-7-15-26)34(27-16-8-3-9-17-27)39-37(33)30-18-10-11-19-31(30)40(36(37)42)24-25-12-4-1-5-13-25/h1-23,32-34,39H,24H2/t32-,33+,34+,37-/m0/s1. The number of hydrogen-bond donors (Lipinski definition) is 1. The molecule has 2 aliphatic rings. The number of hydrogen-bond acceptors (Lipinski definition) is 3. The zero-order valence-corrected chi connectivity index (χ0v) is 24.4. The number of halogens is 1. The summed E-state index contributed by atoms with van der Waals surface area (Å²) in [5, 5.41) is 3.84.